The van der Waals surface area contributed by atoms with Crippen molar-refractivity contribution in [2.45, 2.75) is 20.8 Å². The van der Waals surface area contributed by atoms with Crippen molar-refractivity contribution in [2.24, 2.45) is 0 Å². The fourth-order valence-corrected chi connectivity index (χ4v) is 3.31. The lowest BCUT2D eigenvalue weighted by atomic mass is 10.1. The van der Waals surface area contributed by atoms with Crippen molar-refractivity contribution in [3.8, 4) is 16.9 Å². The molecule has 2 aromatic carbocycles. The number of rotatable bonds is 5. The molecule has 2 heterocycles. The van der Waals surface area contributed by atoms with Crippen LogP contribution in [0.5, 0.6) is 5.75 Å². The summed E-state index contributed by atoms with van der Waals surface area (Å²) >= 11 is 0. The standard InChI is InChI=1S/C22H20FN5O2/c1-4-30-18-8-6-5-7-17(18)24-22(29)20-14(3)28-21(26-25-20)19(13(2)27-28)15-9-11-16(23)12-10-15/h5-12H,4H2,1-3H3,(H,24,29). The Morgan fingerprint density at radius 1 is 1.10 bits per heavy atom. The Bertz CT molecular complexity index is 1230. The van der Waals surface area contributed by atoms with E-state index in [9.17, 15) is 9.18 Å². The maximum absolute atomic E-state index is 13.3. The van der Waals surface area contributed by atoms with E-state index in [-0.39, 0.29) is 11.5 Å². The summed E-state index contributed by atoms with van der Waals surface area (Å²) in [5.41, 5.74) is 3.99. The number of amides is 1. The molecule has 0 saturated carbocycles. The molecule has 0 fully saturated rings. The van der Waals surface area contributed by atoms with Crippen LogP contribution in [0.2, 0.25) is 0 Å². The van der Waals surface area contributed by atoms with Gasteiger partial charge in [0.1, 0.15) is 11.6 Å². The van der Waals surface area contributed by atoms with E-state index in [0.717, 1.165) is 11.1 Å². The van der Waals surface area contributed by atoms with Gasteiger partial charge in [-0.15, -0.1) is 10.2 Å². The molecule has 152 valence electrons. The van der Waals surface area contributed by atoms with Crippen LogP contribution < -0.4 is 10.1 Å². The second kappa shape index (κ2) is 7.90. The first-order valence-corrected chi connectivity index (χ1v) is 9.51. The van der Waals surface area contributed by atoms with Crippen molar-refractivity contribution in [1.29, 1.82) is 0 Å². The topological polar surface area (TPSA) is 81.4 Å². The summed E-state index contributed by atoms with van der Waals surface area (Å²) in [6.45, 7) is 5.95. The maximum atomic E-state index is 13.3. The minimum atomic E-state index is -0.412. The Hall–Kier alpha value is -3.81. The number of hydrogen-bond donors (Lipinski definition) is 1. The molecule has 0 radical (unpaired) electrons. The predicted molar refractivity (Wildman–Crippen MR) is 111 cm³/mol. The molecule has 7 nitrogen and oxygen atoms in total. The molecule has 0 aliphatic rings. The Morgan fingerprint density at radius 2 is 1.83 bits per heavy atom. The highest BCUT2D eigenvalue weighted by Crippen LogP contribution is 2.28. The number of anilines is 1. The number of nitrogens with one attached hydrogen (secondary N) is 1. The molecule has 0 bridgehead atoms. The molecule has 1 amide bonds. The van der Waals surface area contributed by atoms with E-state index in [1.165, 1.54) is 12.1 Å². The van der Waals surface area contributed by atoms with Crippen LogP contribution >= 0.6 is 0 Å². The smallest absolute Gasteiger partial charge is 0.278 e. The van der Waals surface area contributed by atoms with Gasteiger partial charge < -0.3 is 10.1 Å². The normalized spacial score (nSPS) is 10.9. The van der Waals surface area contributed by atoms with Gasteiger partial charge in [0.25, 0.3) is 5.91 Å². The van der Waals surface area contributed by atoms with Gasteiger partial charge in [-0.25, -0.2) is 8.91 Å². The van der Waals surface area contributed by atoms with Crippen molar-refractivity contribution in [3.63, 3.8) is 0 Å². The van der Waals surface area contributed by atoms with E-state index in [2.05, 4.69) is 20.6 Å². The third kappa shape index (κ3) is 3.47. The van der Waals surface area contributed by atoms with E-state index in [1.54, 1.807) is 35.7 Å². The second-order valence-electron chi connectivity index (χ2n) is 6.72. The third-order valence-electron chi connectivity index (χ3n) is 4.72. The molecule has 4 rings (SSSR count). The quantitative estimate of drug-likeness (QED) is 0.538. The molecule has 30 heavy (non-hydrogen) atoms. The predicted octanol–water partition coefficient (Wildman–Crippen LogP) is 4.20. The fourth-order valence-electron chi connectivity index (χ4n) is 3.31. The largest absolute Gasteiger partial charge is 0.492 e. The van der Waals surface area contributed by atoms with Crippen molar-refractivity contribution in [1.82, 2.24) is 19.8 Å². The lowest BCUT2D eigenvalue weighted by molar-refractivity contribution is 0.101. The minimum Gasteiger partial charge on any atom is -0.492 e. The first-order valence-electron chi connectivity index (χ1n) is 9.51. The molecular weight excluding hydrogens is 385 g/mol. The number of para-hydroxylation sites is 2. The molecule has 8 heteroatoms. The Labute approximate surface area is 172 Å². The minimum absolute atomic E-state index is 0.155. The van der Waals surface area contributed by atoms with Gasteiger partial charge in [-0.2, -0.15) is 5.10 Å². The van der Waals surface area contributed by atoms with Crippen molar-refractivity contribution < 1.29 is 13.9 Å². The fraction of sp³-hybridized carbons (Fsp3) is 0.182. The van der Waals surface area contributed by atoms with Crippen molar-refractivity contribution in [3.05, 3.63) is 71.4 Å². The highest BCUT2D eigenvalue weighted by Gasteiger charge is 2.21. The highest BCUT2D eigenvalue weighted by atomic mass is 19.1. The van der Waals surface area contributed by atoms with Crippen LogP contribution in [0.4, 0.5) is 10.1 Å². The lowest BCUT2D eigenvalue weighted by Crippen LogP contribution is -2.19. The zero-order valence-electron chi connectivity index (χ0n) is 16.8. The number of fused-ring (bicyclic) bond motifs is 1. The van der Waals surface area contributed by atoms with Crippen LogP contribution in [0.15, 0.2) is 48.5 Å². The Balaban J connectivity index is 1.72. The molecule has 0 aliphatic heterocycles. The van der Waals surface area contributed by atoms with Crippen LogP contribution in [0, 0.1) is 19.7 Å². The van der Waals surface area contributed by atoms with Gasteiger partial charge in [-0.3, -0.25) is 4.79 Å². The number of benzene rings is 2. The number of carbonyl (C=O) groups excluding carboxylic acids is 1. The van der Waals surface area contributed by atoms with E-state index in [0.29, 0.717) is 35.1 Å². The zero-order chi connectivity index (χ0) is 21.3. The summed E-state index contributed by atoms with van der Waals surface area (Å²) in [5.74, 6) is -0.152. The summed E-state index contributed by atoms with van der Waals surface area (Å²) in [7, 11) is 0. The molecule has 0 unspecified atom stereocenters. The van der Waals surface area contributed by atoms with Crippen LogP contribution in [-0.4, -0.2) is 32.3 Å². The van der Waals surface area contributed by atoms with Gasteiger partial charge in [-0.1, -0.05) is 24.3 Å². The van der Waals surface area contributed by atoms with E-state index in [1.807, 2.05) is 26.0 Å². The average molecular weight is 405 g/mol. The number of nitrogens with zero attached hydrogens (tertiary/aromatic N) is 4. The van der Waals surface area contributed by atoms with Gasteiger partial charge in [0, 0.05) is 0 Å². The van der Waals surface area contributed by atoms with Crippen LogP contribution in [0.1, 0.15) is 28.8 Å². The van der Waals surface area contributed by atoms with Crippen molar-refractivity contribution >= 4 is 17.2 Å². The zero-order valence-corrected chi connectivity index (χ0v) is 16.8. The van der Waals surface area contributed by atoms with E-state index >= 15 is 0 Å². The second-order valence-corrected chi connectivity index (χ2v) is 6.72. The molecule has 0 spiro atoms. The van der Waals surface area contributed by atoms with Gasteiger partial charge in [0.15, 0.2) is 11.3 Å². The van der Waals surface area contributed by atoms with Crippen LogP contribution in [0.25, 0.3) is 16.8 Å². The first kappa shape index (κ1) is 19.5. The lowest BCUT2D eigenvalue weighted by Gasteiger charge is -2.12. The number of halogens is 1. The van der Waals surface area contributed by atoms with Gasteiger partial charge in [-0.05, 0) is 50.6 Å². The number of aromatic nitrogens is 4. The van der Waals surface area contributed by atoms with E-state index < -0.39 is 5.91 Å². The molecule has 2 aromatic heterocycles. The van der Waals surface area contributed by atoms with Crippen LogP contribution in [0.3, 0.4) is 0 Å². The van der Waals surface area contributed by atoms with Gasteiger partial charge in [0.2, 0.25) is 0 Å². The third-order valence-corrected chi connectivity index (χ3v) is 4.72. The molecule has 4 aromatic rings. The Morgan fingerprint density at radius 3 is 2.57 bits per heavy atom. The van der Waals surface area contributed by atoms with Crippen LogP contribution in [-0.2, 0) is 0 Å². The summed E-state index contributed by atoms with van der Waals surface area (Å²) in [5, 5.41) is 15.8. The molecule has 0 aliphatic carbocycles. The first-order chi connectivity index (χ1) is 14.5. The average Bonchev–Trinajstić information content (AvgIpc) is 3.07. The SMILES string of the molecule is CCOc1ccccc1NC(=O)c1nnc2c(-c3ccc(F)cc3)c(C)nn2c1C. The Kier molecular flexibility index (Phi) is 5.14. The number of hydrogen-bond acceptors (Lipinski definition) is 5. The van der Waals surface area contributed by atoms with E-state index in [4.69, 9.17) is 4.74 Å². The summed E-state index contributed by atoms with van der Waals surface area (Å²) in [6, 6.07) is 13.3. The monoisotopic (exact) mass is 405 g/mol. The molecular formula is C22H20FN5O2. The molecule has 0 saturated heterocycles. The number of carbonyl (C=O) groups is 1. The highest BCUT2D eigenvalue weighted by molar-refractivity contribution is 6.04. The summed E-state index contributed by atoms with van der Waals surface area (Å²) in [6.07, 6.45) is 0. The molecule has 1 N–H and O–H groups in total. The van der Waals surface area contributed by atoms with Gasteiger partial charge in [0.05, 0.1) is 29.2 Å². The maximum Gasteiger partial charge on any atom is 0.278 e. The molecule has 0 atom stereocenters. The van der Waals surface area contributed by atoms with Gasteiger partial charge >= 0.3 is 0 Å². The summed E-state index contributed by atoms with van der Waals surface area (Å²) in [4.78, 5) is 12.9. The number of ether oxygens (including phenoxy) is 1. The number of aryl methyl sites for hydroxylation is 2. The van der Waals surface area contributed by atoms with Crippen molar-refractivity contribution in [2.75, 3.05) is 11.9 Å². The summed E-state index contributed by atoms with van der Waals surface area (Å²) < 4.78 is 20.4.